The number of anilines is 1. The average Bonchev–Trinajstić information content (AvgIpc) is 3.25. The van der Waals surface area contributed by atoms with E-state index in [1.54, 1.807) is 49.5 Å². The van der Waals surface area contributed by atoms with E-state index >= 15 is 0 Å². The predicted molar refractivity (Wildman–Crippen MR) is 112 cm³/mol. The quantitative estimate of drug-likeness (QED) is 0.547. The van der Waals surface area contributed by atoms with Crippen molar-refractivity contribution in [2.24, 2.45) is 0 Å². The van der Waals surface area contributed by atoms with Gasteiger partial charge in [0.05, 0.1) is 34.8 Å². The first-order valence-electron chi connectivity index (χ1n) is 8.69. The molecule has 0 atom stereocenters. The molecular formula is C21H18ClFN2O3S. The number of hydrogen-bond acceptors (Lipinski definition) is 4. The van der Waals surface area contributed by atoms with Gasteiger partial charge in [0.2, 0.25) is 5.91 Å². The molecule has 0 aliphatic carbocycles. The molecule has 2 amide bonds. The van der Waals surface area contributed by atoms with Crippen LogP contribution in [0.2, 0.25) is 5.02 Å². The molecule has 0 aliphatic rings. The Kier molecular flexibility index (Phi) is 6.95. The van der Waals surface area contributed by atoms with Gasteiger partial charge in [-0.2, -0.15) is 0 Å². The second-order valence-electron chi connectivity index (χ2n) is 6.10. The van der Waals surface area contributed by atoms with Crippen LogP contribution in [-0.2, 0) is 11.3 Å². The number of carbonyl (C=O) groups is 2. The van der Waals surface area contributed by atoms with Crippen molar-refractivity contribution in [1.29, 1.82) is 0 Å². The van der Waals surface area contributed by atoms with E-state index in [0.717, 1.165) is 0 Å². The van der Waals surface area contributed by atoms with E-state index < -0.39 is 5.82 Å². The molecule has 0 aliphatic heterocycles. The van der Waals surface area contributed by atoms with Gasteiger partial charge in [0.1, 0.15) is 11.6 Å². The first kappa shape index (κ1) is 21.0. The van der Waals surface area contributed by atoms with E-state index in [-0.39, 0.29) is 29.1 Å². The van der Waals surface area contributed by atoms with Crippen LogP contribution in [0.5, 0.6) is 0 Å². The normalized spacial score (nSPS) is 10.6. The highest BCUT2D eigenvalue weighted by Crippen LogP contribution is 2.26. The minimum absolute atomic E-state index is 0.00868. The smallest absolute Gasteiger partial charge is 0.253 e. The molecule has 0 fully saturated rings. The highest BCUT2D eigenvalue weighted by Gasteiger charge is 2.19. The molecule has 1 heterocycles. The summed E-state index contributed by atoms with van der Waals surface area (Å²) in [6.07, 6.45) is 1.54. The first-order valence-corrected chi connectivity index (χ1v) is 10.1. The molecule has 29 heavy (non-hydrogen) atoms. The number of halogens is 2. The van der Waals surface area contributed by atoms with Crippen LogP contribution in [-0.4, -0.2) is 24.6 Å². The van der Waals surface area contributed by atoms with Crippen molar-refractivity contribution < 1.29 is 18.4 Å². The lowest BCUT2D eigenvalue weighted by molar-refractivity contribution is -0.115. The number of rotatable bonds is 7. The number of amides is 2. The summed E-state index contributed by atoms with van der Waals surface area (Å²) in [6, 6.07) is 14.7. The maximum atomic E-state index is 13.3. The second kappa shape index (κ2) is 9.62. The predicted octanol–water partition coefficient (Wildman–Crippen LogP) is 4.76. The molecule has 1 N–H and O–H groups in total. The average molecular weight is 433 g/mol. The van der Waals surface area contributed by atoms with Crippen LogP contribution in [0.25, 0.3) is 0 Å². The SMILES string of the molecule is CN(C(=O)CSc1ccc(F)c(Cl)c1)c1ccccc1C(=O)NCc1ccco1. The van der Waals surface area contributed by atoms with Crippen molar-refractivity contribution in [2.75, 3.05) is 17.7 Å². The van der Waals surface area contributed by atoms with E-state index in [9.17, 15) is 14.0 Å². The van der Waals surface area contributed by atoms with Gasteiger partial charge >= 0.3 is 0 Å². The molecule has 2 aromatic carbocycles. The third-order valence-electron chi connectivity index (χ3n) is 4.14. The van der Waals surface area contributed by atoms with Gasteiger partial charge < -0.3 is 14.6 Å². The standard InChI is InChI=1S/C21H18ClFN2O3S/c1-25(20(26)13-29-15-8-9-18(23)17(22)11-15)19-7-3-2-6-16(19)21(27)24-12-14-5-4-10-28-14/h2-11H,12-13H2,1H3,(H,24,27). The fourth-order valence-corrected chi connectivity index (χ4v) is 3.67. The summed E-state index contributed by atoms with van der Waals surface area (Å²) in [5.41, 5.74) is 0.872. The zero-order valence-corrected chi connectivity index (χ0v) is 17.1. The van der Waals surface area contributed by atoms with E-state index in [0.29, 0.717) is 21.9 Å². The summed E-state index contributed by atoms with van der Waals surface area (Å²) in [7, 11) is 1.61. The fourth-order valence-electron chi connectivity index (χ4n) is 2.58. The van der Waals surface area contributed by atoms with Gasteiger partial charge in [-0.25, -0.2) is 4.39 Å². The topological polar surface area (TPSA) is 62.6 Å². The lowest BCUT2D eigenvalue weighted by atomic mass is 10.1. The van der Waals surface area contributed by atoms with Gasteiger partial charge in [-0.1, -0.05) is 23.7 Å². The molecule has 3 aromatic rings. The number of furan rings is 1. The zero-order valence-electron chi connectivity index (χ0n) is 15.5. The Morgan fingerprint density at radius 1 is 1.17 bits per heavy atom. The van der Waals surface area contributed by atoms with Crippen LogP contribution < -0.4 is 10.2 Å². The third kappa shape index (κ3) is 5.40. The largest absolute Gasteiger partial charge is 0.467 e. The Morgan fingerprint density at radius 3 is 2.69 bits per heavy atom. The number of nitrogens with zero attached hydrogens (tertiary/aromatic N) is 1. The van der Waals surface area contributed by atoms with E-state index in [1.807, 2.05) is 0 Å². The minimum atomic E-state index is -0.506. The molecule has 0 bridgehead atoms. The van der Waals surface area contributed by atoms with Crippen molar-refractivity contribution in [3.63, 3.8) is 0 Å². The minimum Gasteiger partial charge on any atom is -0.467 e. The molecule has 5 nitrogen and oxygen atoms in total. The molecule has 0 radical (unpaired) electrons. The first-order chi connectivity index (χ1) is 14.0. The molecule has 0 saturated carbocycles. The van der Waals surface area contributed by atoms with Gasteiger partial charge in [0.15, 0.2) is 0 Å². The van der Waals surface area contributed by atoms with Gasteiger partial charge in [-0.15, -0.1) is 11.8 Å². The Hall–Kier alpha value is -2.77. The molecule has 3 rings (SSSR count). The molecule has 1 aromatic heterocycles. The van der Waals surface area contributed by atoms with Crippen LogP contribution in [0.15, 0.2) is 70.2 Å². The number of para-hydroxylation sites is 1. The third-order valence-corrected chi connectivity index (χ3v) is 5.41. The molecule has 150 valence electrons. The van der Waals surface area contributed by atoms with Crippen molar-refractivity contribution in [3.8, 4) is 0 Å². The zero-order chi connectivity index (χ0) is 20.8. The van der Waals surface area contributed by atoms with Crippen LogP contribution in [0, 0.1) is 5.82 Å². The van der Waals surface area contributed by atoms with E-state index in [1.165, 1.54) is 35.1 Å². The molecule has 0 spiro atoms. The van der Waals surface area contributed by atoms with Crippen LogP contribution in [0.1, 0.15) is 16.1 Å². The summed E-state index contributed by atoms with van der Waals surface area (Å²) in [6.45, 7) is 0.249. The van der Waals surface area contributed by atoms with Crippen molar-refractivity contribution in [1.82, 2.24) is 5.32 Å². The van der Waals surface area contributed by atoms with Crippen LogP contribution in [0.4, 0.5) is 10.1 Å². The van der Waals surface area contributed by atoms with Crippen molar-refractivity contribution in [2.45, 2.75) is 11.4 Å². The van der Waals surface area contributed by atoms with Crippen molar-refractivity contribution in [3.05, 3.63) is 83.0 Å². The summed E-state index contributed by atoms with van der Waals surface area (Å²) in [4.78, 5) is 27.3. The number of hydrogen-bond donors (Lipinski definition) is 1. The Morgan fingerprint density at radius 2 is 1.97 bits per heavy atom. The summed E-state index contributed by atoms with van der Waals surface area (Å²) < 4.78 is 18.5. The highest BCUT2D eigenvalue weighted by atomic mass is 35.5. The summed E-state index contributed by atoms with van der Waals surface area (Å²) in [5, 5.41) is 2.79. The van der Waals surface area contributed by atoms with Gasteiger partial charge in [0.25, 0.3) is 5.91 Å². The van der Waals surface area contributed by atoms with Gasteiger partial charge in [-0.05, 0) is 42.5 Å². The van der Waals surface area contributed by atoms with Gasteiger partial charge in [-0.3, -0.25) is 9.59 Å². The second-order valence-corrected chi connectivity index (χ2v) is 7.55. The van der Waals surface area contributed by atoms with Crippen molar-refractivity contribution >= 4 is 40.9 Å². The van der Waals surface area contributed by atoms with Crippen LogP contribution in [0.3, 0.4) is 0 Å². The number of thioether (sulfide) groups is 1. The van der Waals surface area contributed by atoms with E-state index in [2.05, 4.69) is 5.32 Å². The van der Waals surface area contributed by atoms with Gasteiger partial charge in [0, 0.05) is 11.9 Å². The molecule has 0 saturated heterocycles. The van der Waals surface area contributed by atoms with E-state index in [4.69, 9.17) is 16.0 Å². The molecule has 8 heteroatoms. The lowest BCUT2D eigenvalue weighted by Crippen LogP contribution is -2.31. The highest BCUT2D eigenvalue weighted by molar-refractivity contribution is 8.00. The Bertz CT molecular complexity index is 1010. The lowest BCUT2D eigenvalue weighted by Gasteiger charge is -2.20. The number of benzene rings is 2. The summed E-state index contributed by atoms with van der Waals surface area (Å²) >= 11 is 7.02. The fraction of sp³-hybridized carbons (Fsp3) is 0.143. The Labute approximate surface area is 176 Å². The molecular weight excluding hydrogens is 415 g/mol. The monoisotopic (exact) mass is 432 g/mol. The number of carbonyl (C=O) groups excluding carboxylic acids is 2. The maximum absolute atomic E-state index is 13.3. The summed E-state index contributed by atoms with van der Waals surface area (Å²) in [5.74, 6) is -0.277. The maximum Gasteiger partial charge on any atom is 0.253 e. The Balaban J connectivity index is 1.66. The number of nitrogens with one attached hydrogen (secondary N) is 1. The molecule has 0 unspecified atom stereocenters. The van der Waals surface area contributed by atoms with Crippen LogP contribution >= 0.6 is 23.4 Å².